The Morgan fingerprint density at radius 1 is 1.33 bits per heavy atom. The van der Waals surface area contributed by atoms with E-state index in [-0.39, 0.29) is 17.9 Å². The highest BCUT2D eigenvalue weighted by Gasteiger charge is 2.45. The summed E-state index contributed by atoms with van der Waals surface area (Å²) in [7, 11) is 0. The van der Waals surface area contributed by atoms with Crippen LogP contribution < -0.4 is 5.32 Å². The predicted molar refractivity (Wildman–Crippen MR) is 80.7 cm³/mol. The first-order valence-corrected chi connectivity index (χ1v) is 8.06. The average Bonchev–Trinajstić information content (AvgIpc) is 2.90. The van der Waals surface area contributed by atoms with Gasteiger partial charge >= 0.3 is 6.03 Å². The summed E-state index contributed by atoms with van der Waals surface area (Å²) < 4.78 is 0. The van der Waals surface area contributed by atoms with Gasteiger partial charge in [0.05, 0.1) is 6.04 Å². The van der Waals surface area contributed by atoms with Crippen molar-refractivity contribution in [1.29, 1.82) is 0 Å². The summed E-state index contributed by atoms with van der Waals surface area (Å²) in [6.07, 6.45) is 1.54. The zero-order valence-electron chi connectivity index (χ0n) is 12.5. The molecule has 0 spiro atoms. The number of imide groups is 2. The SMILES string of the molecule is CCCC(c1cccs1)N1C(=O)NC(=O)C(C(C)C)C1=O. The molecule has 2 rings (SSSR count). The molecule has 1 fully saturated rings. The molecule has 0 aliphatic carbocycles. The molecule has 0 saturated carbocycles. The molecule has 4 amide bonds. The maximum atomic E-state index is 12.6. The minimum absolute atomic E-state index is 0.140. The van der Waals surface area contributed by atoms with Gasteiger partial charge in [-0.05, 0) is 23.8 Å². The van der Waals surface area contributed by atoms with Crippen LogP contribution in [0.3, 0.4) is 0 Å². The molecule has 1 aliphatic heterocycles. The van der Waals surface area contributed by atoms with E-state index in [4.69, 9.17) is 0 Å². The number of carbonyl (C=O) groups is 3. The largest absolute Gasteiger partial charge is 0.331 e. The molecule has 1 aromatic heterocycles. The van der Waals surface area contributed by atoms with Gasteiger partial charge in [-0.3, -0.25) is 19.8 Å². The molecule has 1 N–H and O–H groups in total. The summed E-state index contributed by atoms with van der Waals surface area (Å²) in [5, 5.41) is 4.25. The molecule has 0 bridgehead atoms. The molecule has 21 heavy (non-hydrogen) atoms. The van der Waals surface area contributed by atoms with E-state index in [9.17, 15) is 14.4 Å². The quantitative estimate of drug-likeness (QED) is 0.850. The lowest BCUT2D eigenvalue weighted by molar-refractivity contribution is -0.146. The van der Waals surface area contributed by atoms with Gasteiger partial charge in [0, 0.05) is 4.88 Å². The van der Waals surface area contributed by atoms with Crippen molar-refractivity contribution in [2.45, 2.75) is 39.7 Å². The molecule has 1 saturated heterocycles. The third-order valence-electron chi connectivity index (χ3n) is 3.65. The molecule has 114 valence electrons. The van der Waals surface area contributed by atoms with E-state index in [0.29, 0.717) is 6.42 Å². The fraction of sp³-hybridized carbons (Fsp3) is 0.533. The summed E-state index contributed by atoms with van der Waals surface area (Å²) >= 11 is 1.52. The number of urea groups is 1. The lowest BCUT2D eigenvalue weighted by Crippen LogP contribution is -2.59. The smallest absolute Gasteiger partial charge is 0.277 e. The Bertz CT molecular complexity index is 539. The standard InChI is InChI=1S/C15H20N2O3S/c1-4-6-10(11-7-5-8-21-11)17-14(19)12(9(2)3)13(18)16-15(17)20/h5,7-10,12H,4,6H2,1-3H3,(H,16,18,20). The van der Waals surface area contributed by atoms with Crippen molar-refractivity contribution < 1.29 is 14.4 Å². The topological polar surface area (TPSA) is 66.5 Å². The Hall–Kier alpha value is -1.69. The van der Waals surface area contributed by atoms with Crippen molar-refractivity contribution in [3.8, 4) is 0 Å². The van der Waals surface area contributed by atoms with Crippen molar-refractivity contribution in [3.63, 3.8) is 0 Å². The Morgan fingerprint density at radius 3 is 2.57 bits per heavy atom. The second kappa shape index (κ2) is 6.39. The summed E-state index contributed by atoms with van der Waals surface area (Å²) in [6, 6.07) is 2.93. The maximum Gasteiger partial charge on any atom is 0.331 e. The van der Waals surface area contributed by atoms with E-state index in [0.717, 1.165) is 11.3 Å². The fourth-order valence-electron chi connectivity index (χ4n) is 2.64. The Kier molecular flexibility index (Phi) is 4.77. The van der Waals surface area contributed by atoms with Crippen LogP contribution in [0, 0.1) is 11.8 Å². The van der Waals surface area contributed by atoms with E-state index < -0.39 is 17.9 Å². The molecule has 1 aliphatic rings. The van der Waals surface area contributed by atoms with Gasteiger partial charge in [-0.1, -0.05) is 33.3 Å². The van der Waals surface area contributed by atoms with Crippen molar-refractivity contribution in [2.75, 3.05) is 0 Å². The van der Waals surface area contributed by atoms with Crippen LogP contribution >= 0.6 is 11.3 Å². The van der Waals surface area contributed by atoms with Gasteiger partial charge in [-0.2, -0.15) is 0 Å². The minimum atomic E-state index is -0.790. The first kappa shape index (κ1) is 15.7. The Balaban J connectivity index is 2.36. The van der Waals surface area contributed by atoms with Gasteiger partial charge in [0.15, 0.2) is 0 Å². The molecule has 5 nitrogen and oxygen atoms in total. The van der Waals surface area contributed by atoms with Crippen molar-refractivity contribution in [1.82, 2.24) is 10.2 Å². The Labute approximate surface area is 128 Å². The van der Waals surface area contributed by atoms with Crippen molar-refractivity contribution in [3.05, 3.63) is 22.4 Å². The summed E-state index contributed by atoms with van der Waals surface area (Å²) in [5.41, 5.74) is 0. The monoisotopic (exact) mass is 308 g/mol. The molecule has 1 aromatic rings. The van der Waals surface area contributed by atoms with Gasteiger partial charge in [0.1, 0.15) is 5.92 Å². The summed E-state index contributed by atoms with van der Waals surface area (Å²) in [4.78, 5) is 38.9. The van der Waals surface area contributed by atoms with Crippen LogP contribution in [0.15, 0.2) is 17.5 Å². The Morgan fingerprint density at radius 2 is 2.05 bits per heavy atom. The third kappa shape index (κ3) is 3.00. The number of rotatable bonds is 5. The lowest BCUT2D eigenvalue weighted by Gasteiger charge is -2.36. The van der Waals surface area contributed by atoms with Gasteiger partial charge in [0.25, 0.3) is 0 Å². The predicted octanol–water partition coefficient (Wildman–Crippen LogP) is 2.94. The highest BCUT2D eigenvalue weighted by Crippen LogP contribution is 2.33. The second-order valence-electron chi connectivity index (χ2n) is 5.54. The molecule has 2 heterocycles. The normalized spacial score (nSPS) is 20.9. The van der Waals surface area contributed by atoms with Crippen LogP contribution in [0.4, 0.5) is 4.79 Å². The average molecular weight is 308 g/mol. The van der Waals surface area contributed by atoms with E-state index in [1.165, 1.54) is 16.2 Å². The first-order chi connectivity index (χ1) is 9.97. The van der Waals surface area contributed by atoms with Crippen LogP contribution in [0.5, 0.6) is 0 Å². The molecule has 2 atom stereocenters. The molecule has 6 heteroatoms. The first-order valence-electron chi connectivity index (χ1n) is 7.18. The number of thiophene rings is 1. The van der Waals surface area contributed by atoms with Gasteiger partial charge < -0.3 is 0 Å². The number of nitrogens with one attached hydrogen (secondary N) is 1. The van der Waals surface area contributed by atoms with Crippen molar-refractivity contribution in [2.24, 2.45) is 11.8 Å². The summed E-state index contributed by atoms with van der Waals surface area (Å²) in [5.74, 6) is -1.80. The van der Waals surface area contributed by atoms with E-state index in [1.807, 2.05) is 38.3 Å². The highest BCUT2D eigenvalue weighted by molar-refractivity contribution is 7.10. The third-order valence-corrected chi connectivity index (χ3v) is 4.62. The van der Waals surface area contributed by atoms with E-state index in [1.54, 1.807) is 0 Å². The number of carbonyl (C=O) groups excluding carboxylic acids is 3. The zero-order chi connectivity index (χ0) is 15.6. The van der Waals surface area contributed by atoms with Crippen LogP contribution in [0.25, 0.3) is 0 Å². The van der Waals surface area contributed by atoms with Gasteiger partial charge in [0.2, 0.25) is 11.8 Å². The van der Waals surface area contributed by atoms with Crippen LogP contribution in [0.1, 0.15) is 44.5 Å². The minimum Gasteiger partial charge on any atom is -0.277 e. The zero-order valence-corrected chi connectivity index (χ0v) is 13.3. The molecule has 0 radical (unpaired) electrons. The van der Waals surface area contributed by atoms with Crippen LogP contribution in [0.2, 0.25) is 0 Å². The molecule has 0 aromatic carbocycles. The number of nitrogens with zero attached hydrogens (tertiary/aromatic N) is 1. The second-order valence-corrected chi connectivity index (χ2v) is 6.52. The summed E-state index contributed by atoms with van der Waals surface area (Å²) in [6.45, 7) is 5.64. The molecular weight excluding hydrogens is 288 g/mol. The lowest BCUT2D eigenvalue weighted by atomic mass is 9.91. The number of barbiturate groups is 1. The number of hydrogen-bond acceptors (Lipinski definition) is 4. The highest BCUT2D eigenvalue weighted by atomic mass is 32.1. The van der Waals surface area contributed by atoms with Crippen LogP contribution in [-0.4, -0.2) is 22.7 Å². The van der Waals surface area contributed by atoms with E-state index in [2.05, 4.69) is 5.32 Å². The van der Waals surface area contributed by atoms with E-state index >= 15 is 0 Å². The van der Waals surface area contributed by atoms with Crippen molar-refractivity contribution >= 4 is 29.2 Å². The van der Waals surface area contributed by atoms with Crippen LogP contribution in [-0.2, 0) is 9.59 Å². The number of amides is 4. The maximum absolute atomic E-state index is 12.6. The molecular formula is C15H20N2O3S. The van der Waals surface area contributed by atoms with Gasteiger partial charge in [-0.25, -0.2) is 4.79 Å². The number of hydrogen-bond donors (Lipinski definition) is 1. The fourth-order valence-corrected chi connectivity index (χ4v) is 3.49. The van der Waals surface area contributed by atoms with Gasteiger partial charge in [-0.15, -0.1) is 11.3 Å². The molecule has 2 unspecified atom stereocenters.